The number of allylic oxidation sites excluding steroid dienone is 2. The summed E-state index contributed by atoms with van der Waals surface area (Å²) in [6.07, 6.45) is 5.99. The highest BCUT2D eigenvalue weighted by Gasteiger charge is 2.16. The van der Waals surface area contributed by atoms with Gasteiger partial charge in [0.05, 0.1) is 5.52 Å². The Kier molecular flexibility index (Phi) is 9.75. The number of rotatable bonds is 10. The molecule has 0 spiro atoms. The van der Waals surface area contributed by atoms with Crippen LogP contribution in [0.15, 0.2) is 225 Å². The summed E-state index contributed by atoms with van der Waals surface area (Å²) in [7, 11) is 0. The molecule has 0 saturated heterocycles. The zero-order chi connectivity index (χ0) is 38.6. The van der Waals surface area contributed by atoms with Gasteiger partial charge in [-0.2, -0.15) is 0 Å². The van der Waals surface area contributed by atoms with E-state index in [9.17, 15) is 0 Å². The molecule has 0 aliphatic rings. The van der Waals surface area contributed by atoms with Gasteiger partial charge in [-0.3, -0.25) is 0 Å². The van der Waals surface area contributed by atoms with E-state index in [1.54, 1.807) is 0 Å². The molecule has 2 heteroatoms. The molecule has 0 N–H and O–H groups in total. The smallest absolute Gasteiger partial charge is 0.0537 e. The van der Waals surface area contributed by atoms with Crippen LogP contribution in [0.2, 0.25) is 0 Å². The molecule has 0 radical (unpaired) electrons. The Morgan fingerprint density at radius 3 is 1.32 bits per heavy atom. The van der Waals surface area contributed by atoms with Gasteiger partial charge in [-0.1, -0.05) is 176 Å². The Balaban J connectivity index is 1.01. The lowest BCUT2D eigenvalue weighted by atomic mass is 9.99. The van der Waals surface area contributed by atoms with Gasteiger partial charge < -0.3 is 9.47 Å². The monoisotopic (exact) mass is 730 g/mol. The lowest BCUT2D eigenvalue weighted by molar-refractivity contribution is 1.05. The fraction of sp³-hybridized carbons (Fsp3) is 0.0182. The minimum atomic E-state index is 1.10. The van der Waals surface area contributed by atoms with Gasteiger partial charge in [-0.25, -0.2) is 0 Å². The van der Waals surface area contributed by atoms with Gasteiger partial charge >= 0.3 is 0 Å². The average Bonchev–Trinajstić information content (AvgIpc) is 3.57. The van der Waals surface area contributed by atoms with E-state index in [2.05, 4.69) is 235 Å². The molecule has 0 aliphatic carbocycles. The summed E-state index contributed by atoms with van der Waals surface area (Å²) in [5.74, 6) is 0. The average molecular weight is 731 g/mol. The summed E-state index contributed by atoms with van der Waals surface area (Å²) in [4.78, 5) is 2.33. The van der Waals surface area contributed by atoms with Crippen LogP contribution in [0.25, 0.3) is 67.2 Å². The standard InChI is InChI=1S/C55H42N2/c1-3-4-20-53-40(2)56(55-22-12-11-21-54(53)55)52-19-13-18-48(39-52)47-25-23-43(24-26-47)46-31-37-51(38-32-46)57(49-33-27-44(28-34-49)41-14-7-5-8-15-41)50-35-29-45(30-36-50)42-16-9-6-10-17-42/h3-39H,1H2,2H3/b20-4-. The van der Waals surface area contributed by atoms with Crippen molar-refractivity contribution in [3.63, 3.8) is 0 Å². The predicted octanol–water partition coefficient (Wildman–Crippen LogP) is 15.3. The molecule has 9 aromatic rings. The van der Waals surface area contributed by atoms with Crippen molar-refractivity contribution in [1.29, 1.82) is 0 Å². The first-order valence-electron chi connectivity index (χ1n) is 19.5. The molecule has 2 nitrogen and oxygen atoms in total. The van der Waals surface area contributed by atoms with Gasteiger partial charge in [0.1, 0.15) is 0 Å². The third-order valence-electron chi connectivity index (χ3n) is 10.8. The van der Waals surface area contributed by atoms with Crippen LogP contribution in [0.3, 0.4) is 0 Å². The first-order chi connectivity index (χ1) is 28.1. The van der Waals surface area contributed by atoms with Crippen LogP contribution in [-0.2, 0) is 0 Å². The minimum absolute atomic E-state index is 1.10. The first-order valence-corrected chi connectivity index (χ1v) is 19.5. The van der Waals surface area contributed by atoms with Gasteiger partial charge in [0.15, 0.2) is 0 Å². The lowest BCUT2D eigenvalue weighted by Crippen LogP contribution is -2.09. The second kappa shape index (κ2) is 15.7. The minimum Gasteiger partial charge on any atom is -0.313 e. The number of hydrogen-bond donors (Lipinski definition) is 0. The van der Waals surface area contributed by atoms with Crippen LogP contribution in [0.1, 0.15) is 11.3 Å². The SMILES string of the molecule is C=C/C=C\c1c(C)n(-c2cccc(-c3ccc(-c4ccc(N(c5ccc(-c6ccccc6)cc5)c5ccc(-c6ccccc6)cc5)cc4)cc3)c2)c2ccccc12. The van der Waals surface area contributed by atoms with E-state index >= 15 is 0 Å². The van der Waals surface area contributed by atoms with Gasteiger partial charge in [0.25, 0.3) is 0 Å². The number of nitrogens with zero attached hydrogens (tertiary/aromatic N) is 2. The van der Waals surface area contributed by atoms with Gasteiger partial charge in [-0.15, -0.1) is 0 Å². The Bertz CT molecular complexity index is 2730. The van der Waals surface area contributed by atoms with E-state index < -0.39 is 0 Å². The summed E-state index contributed by atoms with van der Waals surface area (Å²) in [6.45, 7) is 6.07. The van der Waals surface area contributed by atoms with E-state index in [-0.39, 0.29) is 0 Å². The van der Waals surface area contributed by atoms with Crippen LogP contribution in [0.5, 0.6) is 0 Å². The molecule has 57 heavy (non-hydrogen) atoms. The quantitative estimate of drug-likeness (QED) is 0.127. The van der Waals surface area contributed by atoms with Crippen LogP contribution in [0.4, 0.5) is 17.1 Å². The molecule has 0 aliphatic heterocycles. The van der Waals surface area contributed by atoms with E-state index in [1.807, 2.05) is 12.2 Å². The molecular formula is C55H42N2. The Labute approximate surface area is 335 Å². The third kappa shape index (κ3) is 7.13. The van der Waals surface area contributed by atoms with Gasteiger partial charge in [0, 0.05) is 39.4 Å². The number of fused-ring (bicyclic) bond motifs is 1. The molecule has 0 atom stereocenters. The molecular weight excluding hydrogens is 689 g/mol. The van der Waals surface area contributed by atoms with Crippen LogP contribution >= 0.6 is 0 Å². The molecule has 0 saturated carbocycles. The predicted molar refractivity (Wildman–Crippen MR) is 244 cm³/mol. The molecule has 272 valence electrons. The van der Waals surface area contributed by atoms with Crippen molar-refractivity contribution in [3.8, 4) is 50.2 Å². The van der Waals surface area contributed by atoms with Crippen LogP contribution in [0, 0.1) is 6.92 Å². The number of hydrogen-bond acceptors (Lipinski definition) is 1. The van der Waals surface area contributed by atoms with Crippen molar-refractivity contribution in [1.82, 2.24) is 4.57 Å². The molecule has 0 unspecified atom stereocenters. The number of anilines is 3. The molecule has 1 heterocycles. The molecule has 0 amide bonds. The van der Waals surface area contributed by atoms with Crippen molar-refractivity contribution in [2.24, 2.45) is 0 Å². The largest absolute Gasteiger partial charge is 0.313 e. The Morgan fingerprint density at radius 1 is 0.421 bits per heavy atom. The first kappa shape index (κ1) is 35.3. The van der Waals surface area contributed by atoms with Crippen molar-refractivity contribution in [3.05, 3.63) is 236 Å². The van der Waals surface area contributed by atoms with Crippen molar-refractivity contribution >= 4 is 34.0 Å². The van der Waals surface area contributed by atoms with Crippen molar-refractivity contribution < 1.29 is 0 Å². The lowest BCUT2D eigenvalue weighted by Gasteiger charge is -2.26. The fourth-order valence-corrected chi connectivity index (χ4v) is 7.90. The third-order valence-corrected chi connectivity index (χ3v) is 10.8. The number of para-hydroxylation sites is 1. The summed E-state index contributed by atoms with van der Waals surface area (Å²) < 4.78 is 2.36. The van der Waals surface area contributed by atoms with Crippen LogP contribution < -0.4 is 4.90 Å². The Hall–Kier alpha value is -7.42. The highest BCUT2D eigenvalue weighted by molar-refractivity contribution is 5.93. The summed E-state index contributed by atoms with van der Waals surface area (Å²) in [5.41, 5.74) is 17.6. The maximum absolute atomic E-state index is 3.88. The zero-order valence-electron chi connectivity index (χ0n) is 32.0. The molecule has 0 fully saturated rings. The topological polar surface area (TPSA) is 8.17 Å². The zero-order valence-corrected chi connectivity index (χ0v) is 32.0. The van der Waals surface area contributed by atoms with E-state index in [0.717, 1.165) is 22.7 Å². The molecule has 0 bridgehead atoms. The maximum atomic E-state index is 3.88. The number of aromatic nitrogens is 1. The van der Waals surface area contributed by atoms with E-state index in [4.69, 9.17) is 0 Å². The second-order valence-corrected chi connectivity index (χ2v) is 14.3. The van der Waals surface area contributed by atoms with E-state index in [0.29, 0.717) is 0 Å². The van der Waals surface area contributed by atoms with Crippen molar-refractivity contribution in [2.75, 3.05) is 4.90 Å². The molecule has 9 rings (SSSR count). The maximum Gasteiger partial charge on any atom is 0.0537 e. The summed E-state index contributed by atoms with van der Waals surface area (Å²) in [6, 6.07) is 74.1. The highest BCUT2D eigenvalue weighted by Crippen LogP contribution is 2.38. The summed E-state index contributed by atoms with van der Waals surface area (Å²) >= 11 is 0. The van der Waals surface area contributed by atoms with Gasteiger partial charge in [-0.05, 0) is 106 Å². The fourth-order valence-electron chi connectivity index (χ4n) is 7.90. The molecule has 8 aromatic carbocycles. The highest BCUT2D eigenvalue weighted by atomic mass is 15.1. The Morgan fingerprint density at radius 2 is 0.825 bits per heavy atom. The normalized spacial score (nSPS) is 11.2. The van der Waals surface area contributed by atoms with Crippen LogP contribution in [-0.4, -0.2) is 4.57 Å². The van der Waals surface area contributed by atoms with Crippen molar-refractivity contribution in [2.45, 2.75) is 6.92 Å². The van der Waals surface area contributed by atoms with E-state index in [1.165, 1.54) is 66.7 Å². The van der Waals surface area contributed by atoms with Gasteiger partial charge in [0.2, 0.25) is 0 Å². The molecule has 1 aromatic heterocycles. The second-order valence-electron chi connectivity index (χ2n) is 14.3. The number of benzene rings is 8. The summed E-state index contributed by atoms with van der Waals surface area (Å²) in [5, 5.41) is 1.24.